The van der Waals surface area contributed by atoms with Gasteiger partial charge in [-0.15, -0.1) is 0 Å². The number of thioether (sulfide) groups is 1. The summed E-state index contributed by atoms with van der Waals surface area (Å²) in [5.74, 6) is 2.22. The molecule has 0 bridgehead atoms. The number of alkyl halides is 3. The average Bonchev–Trinajstić information content (AvgIpc) is 2.80. The highest BCUT2D eigenvalue weighted by atomic mass is 32.2. The van der Waals surface area contributed by atoms with E-state index in [1.54, 1.807) is 0 Å². The highest BCUT2D eigenvalue weighted by Gasteiger charge is 2.30. The molecule has 0 aliphatic carbocycles. The molecule has 1 atom stereocenters. The van der Waals surface area contributed by atoms with E-state index in [9.17, 15) is 13.2 Å². The van der Waals surface area contributed by atoms with Gasteiger partial charge in [0, 0.05) is 11.8 Å². The summed E-state index contributed by atoms with van der Waals surface area (Å²) >= 11 is 3.31. The zero-order valence-electron chi connectivity index (χ0n) is 10.5. The van der Waals surface area contributed by atoms with Gasteiger partial charge in [0.25, 0.3) is 0 Å². The third-order valence-corrected chi connectivity index (χ3v) is 5.39. The van der Waals surface area contributed by atoms with Crippen molar-refractivity contribution in [3.8, 4) is 0 Å². The van der Waals surface area contributed by atoms with Crippen LogP contribution in [0.15, 0.2) is 18.2 Å². The Morgan fingerprint density at radius 1 is 1.30 bits per heavy atom. The zero-order chi connectivity index (χ0) is 14.2. The number of hydrogen-bond donors (Lipinski definition) is 1. The summed E-state index contributed by atoms with van der Waals surface area (Å²) in [6.07, 6.45) is -2.05. The second-order valence-corrected chi connectivity index (χ2v) is 6.94. The van der Waals surface area contributed by atoms with Gasteiger partial charge in [-0.05, 0) is 36.8 Å². The van der Waals surface area contributed by atoms with E-state index in [1.165, 1.54) is 29.6 Å². The maximum absolute atomic E-state index is 12.7. The van der Waals surface area contributed by atoms with Crippen molar-refractivity contribution in [3.05, 3.63) is 23.8 Å². The third kappa shape index (κ3) is 3.03. The number of aromatic nitrogens is 1. The van der Waals surface area contributed by atoms with Crippen LogP contribution in [0.3, 0.4) is 0 Å². The minimum Gasteiger partial charge on any atom is -0.358 e. The molecular weight excluding hydrogens is 305 g/mol. The van der Waals surface area contributed by atoms with Crippen molar-refractivity contribution in [2.45, 2.75) is 25.1 Å². The van der Waals surface area contributed by atoms with Crippen molar-refractivity contribution in [2.24, 2.45) is 0 Å². The smallest absolute Gasteiger partial charge is 0.358 e. The molecular formula is C13H13F3N2S2. The normalized spacial score (nSPS) is 20.2. The lowest BCUT2D eigenvalue weighted by Crippen LogP contribution is -2.25. The first-order valence-corrected chi connectivity index (χ1v) is 8.31. The Hall–Kier alpha value is -0.950. The van der Waals surface area contributed by atoms with Crippen LogP contribution in [0.1, 0.15) is 18.4 Å². The van der Waals surface area contributed by atoms with Gasteiger partial charge in [0.1, 0.15) is 0 Å². The second-order valence-electron chi connectivity index (χ2n) is 4.76. The van der Waals surface area contributed by atoms with Crippen LogP contribution in [0.2, 0.25) is 0 Å². The Labute approximate surface area is 122 Å². The van der Waals surface area contributed by atoms with Gasteiger partial charge in [-0.1, -0.05) is 11.3 Å². The summed E-state index contributed by atoms with van der Waals surface area (Å²) in [6, 6.07) is 4.10. The molecule has 108 valence electrons. The molecule has 1 N–H and O–H groups in total. The lowest BCUT2D eigenvalue weighted by atomic mass is 10.2. The first-order chi connectivity index (χ1) is 9.52. The highest BCUT2D eigenvalue weighted by Crippen LogP contribution is 2.34. The van der Waals surface area contributed by atoms with Gasteiger partial charge < -0.3 is 5.32 Å². The minimum atomic E-state index is -4.31. The monoisotopic (exact) mass is 318 g/mol. The van der Waals surface area contributed by atoms with E-state index in [0.717, 1.165) is 29.0 Å². The largest absolute Gasteiger partial charge is 0.416 e. The second kappa shape index (κ2) is 5.44. The van der Waals surface area contributed by atoms with E-state index < -0.39 is 11.7 Å². The molecule has 0 amide bonds. The molecule has 7 heteroatoms. The molecule has 0 radical (unpaired) electrons. The van der Waals surface area contributed by atoms with Crippen molar-refractivity contribution in [3.63, 3.8) is 0 Å². The fourth-order valence-corrected chi connectivity index (χ4v) is 4.19. The van der Waals surface area contributed by atoms with Gasteiger partial charge >= 0.3 is 6.18 Å². The summed E-state index contributed by atoms with van der Waals surface area (Å²) in [6.45, 7) is 0. The van der Waals surface area contributed by atoms with E-state index in [1.807, 2.05) is 11.8 Å². The predicted molar refractivity (Wildman–Crippen MR) is 78.6 cm³/mol. The van der Waals surface area contributed by atoms with Crippen molar-refractivity contribution in [1.29, 1.82) is 0 Å². The Morgan fingerprint density at radius 2 is 2.15 bits per heavy atom. The van der Waals surface area contributed by atoms with Gasteiger partial charge in [-0.2, -0.15) is 24.9 Å². The van der Waals surface area contributed by atoms with Crippen LogP contribution in [0, 0.1) is 0 Å². The van der Waals surface area contributed by atoms with E-state index in [2.05, 4.69) is 10.3 Å². The number of hydrogen-bond acceptors (Lipinski definition) is 4. The molecule has 1 aliphatic heterocycles. The van der Waals surface area contributed by atoms with Gasteiger partial charge in [0.05, 0.1) is 15.8 Å². The number of rotatable bonds is 2. The Kier molecular flexibility index (Phi) is 3.81. The Balaban J connectivity index is 1.83. The minimum absolute atomic E-state index is 0.372. The van der Waals surface area contributed by atoms with Gasteiger partial charge in [-0.3, -0.25) is 0 Å². The quantitative estimate of drug-likeness (QED) is 0.874. The topological polar surface area (TPSA) is 24.9 Å². The molecule has 0 spiro atoms. The van der Waals surface area contributed by atoms with Crippen molar-refractivity contribution in [2.75, 3.05) is 16.8 Å². The fraction of sp³-hybridized carbons (Fsp3) is 0.462. The lowest BCUT2D eigenvalue weighted by Gasteiger charge is -2.21. The zero-order valence-corrected chi connectivity index (χ0v) is 12.2. The highest BCUT2D eigenvalue weighted by molar-refractivity contribution is 7.99. The van der Waals surface area contributed by atoms with Crippen molar-refractivity contribution < 1.29 is 13.2 Å². The number of nitrogens with one attached hydrogen (secondary N) is 1. The van der Waals surface area contributed by atoms with Crippen LogP contribution in [0.5, 0.6) is 0 Å². The van der Waals surface area contributed by atoms with Crippen LogP contribution in [0.4, 0.5) is 18.3 Å². The summed E-state index contributed by atoms with van der Waals surface area (Å²) in [4.78, 5) is 4.28. The maximum atomic E-state index is 12.7. The summed E-state index contributed by atoms with van der Waals surface area (Å²) in [5, 5.41) is 4.05. The number of anilines is 1. The molecule has 1 fully saturated rings. The molecule has 2 nitrogen and oxygen atoms in total. The molecule has 2 heterocycles. The summed E-state index contributed by atoms with van der Waals surface area (Å²) in [5.41, 5.74) is -0.231. The van der Waals surface area contributed by atoms with Crippen LogP contribution in [-0.4, -0.2) is 22.5 Å². The van der Waals surface area contributed by atoms with E-state index in [0.29, 0.717) is 16.7 Å². The third-order valence-electron chi connectivity index (χ3n) is 3.20. The predicted octanol–water partition coefficient (Wildman–Crippen LogP) is 4.62. The van der Waals surface area contributed by atoms with Crippen LogP contribution in [-0.2, 0) is 6.18 Å². The Bertz CT molecular complexity index is 603. The SMILES string of the molecule is FC(F)(F)c1ccc2sc(NC3CCCSC3)nc2c1. The molecule has 1 aliphatic rings. The molecule has 20 heavy (non-hydrogen) atoms. The Morgan fingerprint density at radius 3 is 2.85 bits per heavy atom. The number of benzene rings is 1. The molecule has 1 unspecified atom stereocenters. The first-order valence-electron chi connectivity index (χ1n) is 6.34. The molecule has 1 aromatic carbocycles. The molecule has 2 aromatic rings. The van der Waals surface area contributed by atoms with Gasteiger partial charge in [0.15, 0.2) is 5.13 Å². The first kappa shape index (κ1) is 14.0. The van der Waals surface area contributed by atoms with Crippen LogP contribution >= 0.6 is 23.1 Å². The van der Waals surface area contributed by atoms with Crippen molar-refractivity contribution >= 4 is 38.4 Å². The molecule has 3 rings (SSSR count). The van der Waals surface area contributed by atoms with E-state index in [4.69, 9.17) is 0 Å². The maximum Gasteiger partial charge on any atom is 0.416 e. The number of thiazole rings is 1. The number of fused-ring (bicyclic) bond motifs is 1. The van der Waals surface area contributed by atoms with Gasteiger partial charge in [0.2, 0.25) is 0 Å². The summed E-state index contributed by atoms with van der Waals surface area (Å²) in [7, 11) is 0. The lowest BCUT2D eigenvalue weighted by molar-refractivity contribution is -0.137. The van der Waals surface area contributed by atoms with Crippen molar-refractivity contribution in [1.82, 2.24) is 4.98 Å². The van der Waals surface area contributed by atoms with E-state index >= 15 is 0 Å². The molecule has 1 aromatic heterocycles. The summed E-state index contributed by atoms with van der Waals surface area (Å²) < 4.78 is 38.7. The molecule has 0 saturated carbocycles. The average molecular weight is 318 g/mol. The standard InChI is InChI=1S/C13H13F3N2S2/c14-13(15,16)8-3-4-11-10(6-8)18-12(20-11)17-9-2-1-5-19-7-9/h3-4,6,9H,1-2,5,7H2,(H,17,18). The number of nitrogens with zero attached hydrogens (tertiary/aromatic N) is 1. The van der Waals surface area contributed by atoms with E-state index in [-0.39, 0.29) is 0 Å². The van der Waals surface area contributed by atoms with Gasteiger partial charge in [-0.25, -0.2) is 4.98 Å². The molecule has 1 saturated heterocycles. The number of halogens is 3. The van der Waals surface area contributed by atoms with Crippen LogP contribution in [0.25, 0.3) is 10.2 Å². The fourth-order valence-electron chi connectivity index (χ4n) is 2.19. The van der Waals surface area contributed by atoms with Crippen LogP contribution < -0.4 is 5.32 Å².